The molecule has 0 spiro atoms. The second-order valence-electron chi connectivity index (χ2n) is 3.73. The number of hydrogen-bond acceptors (Lipinski definition) is 4. The van der Waals surface area contributed by atoms with E-state index < -0.39 is 0 Å². The number of rotatable bonds is 7. The monoisotopic (exact) mass is 225 g/mol. The van der Waals surface area contributed by atoms with Crippen LogP contribution in [0.4, 0.5) is 0 Å². The summed E-state index contributed by atoms with van der Waals surface area (Å²) in [6.45, 7) is 2.73. The van der Waals surface area contributed by atoms with Crippen LogP contribution in [0.5, 0.6) is 0 Å². The predicted octanol–water partition coefficient (Wildman–Crippen LogP) is 2.10. The van der Waals surface area contributed by atoms with Crippen LogP contribution >= 0.6 is 0 Å². The third-order valence-electron chi connectivity index (χ3n) is 2.46. The van der Waals surface area contributed by atoms with Crippen molar-refractivity contribution in [1.82, 2.24) is 5.32 Å². The topological polar surface area (TPSA) is 51.5 Å². The molecule has 1 aromatic heterocycles. The van der Waals surface area contributed by atoms with Crippen molar-refractivity contribution in [3.8, 4) is 0 Å². The van der Waals surface area contributed by atoms with E-state index in [2.05, 4.69) is 12.2 Å². The quantitative estimate of drug-likeness (QED) is 0.722. The van der Waals surface area contributed by atoms with Gasteiger partial charge in [-0.05, 0) is 12.5 Å². The summed E-state index contributed by atoms with van der Waals surface area (Å²) in [5.74, 6) is -0.197. The van der Waals surface area contributed by atoms with Gasteiger partial charge in [0.05, 0.1) is 19.6 Å². The van der Waals surface area contributed by atoms with Crippen molar-refractivity contribution in [1.29, 1.82) is 0 Å². The lowest BCUT2D eigenvalue weighted by Gasteiger charge is -2.15. The van der Waals surface area contributed by atoms with Crippen LogP contribution in [-0.4, -0.2) is 19.1 Å². The molecule has 1 unspecified atom stereocenters. The van der Waals surface area contributed by atoms with Gasteiger partial charge >= 0.3 is 5.97 Å². The number of hydrogen-bond donors (Lipinski definition) is 1. The highest BCUT2D eigenvalue weighted by Gasteiger charge is 2.17. The Balaban J connectivity index is 2.40. The summed E-state index contributed by atoms with van der Waals surface area (Å²) in [6, 6.07) is 1.65. The van der Waals surface area contributed by atoms with Crippen LogP contribution in [0.2, 0.25) is 0 Å². The first-order valence-electron chi connectivity index (χ1n) is 5.60. The predicted molar refractivity (Wildman–Crippen MR) is 60.9 cm³/mol. The Hall–Kier alpha value is -1.29. The Kier molecular flexibility index (Phi) is 5.64. The van der Waals surface area contributed by atoms with Gasteiger partial charge in [0.15, 0.2) is 0 Å². The van der Waals surface area contributed by atoms with Gasteiger partial charge in [0.1, 0.15) is 6.04 Å². The Morgan fingerprint density at radius 3 is 3.00 bits per heavy atom. The molecular weight excluding hydrogens is 206 g/mol. The summed E-state index contributed by atoms with van der Waals surface area (Å²) in [5, 5.41) is 3.17. The lowest BCUT2D eigenvalue weighted by atomic mass is 10.1. The fourth-order valence-corrected chi connectivity index (χ4v) is 1.49. The van der Waals surface area contributed by atoms with Gasteiger partial charge in [-0.3, -0.25) is 4.79 Å². The number of esters is 1. The van der Waals surface area contributed by atoms with Gasteiger partial charge in [-0.2, -0.15) is 0 Å². The zero-order chi connectivity index (χ0) is 11.8. The molecule has 0 bridgehead atoms. The summed E-state index contributed by atoms with van der Waals surface area (Å²) < 4.78 is 9.71. The van der Waals surface area contributed by atoms with E-state index in [4.69, 9.17) is 9.15 Å². The molecule has 1 rings (SSSR count). The van der Waals surface area contributed by atoms with E-state index in [1.807, 2.05) is 6.07 Å². The Bertz CT molecular complexity index is 295. The smallest absolute Gasteiger partial charge is 0.322 e. The van der Waals surface area contributed by atoms with Crippen molar-refractivity contribution < 1.29 is 13.9 Å². The van der Waals surface area contributed by atoms with Crippen molar-refractivity contribution in [2.45, 2.75) is 38.8 Å². The minimum absolute atomic E-state index is 0.197. The van der Waals surface area contributed by atoms with Crippen LogP contribution < -0.4 is 5.32 Å². The van der Waals surface area contributed by atoms with Crippen molar-refractivity contribution in [3.63, 3.8) is 0 Å². The molecule has 1 heterocycles. The van der Waals surface area contributed by atoms with E-state index in [-0.39, 0.29) is 12.0 Å². The zero-order valence-corrected chi connectivity index (χ0v) is 9.86. The molecule has 0 saturated heterocycles. The average Bonchev–Trinajstić information content (AvgIpc) is 2.81. The highest BCUT2D eigenvalue weighted by Crippen LogP contribution is 2.05. The second-order valence-corrected chi connectivity index (χ2v) is 3.73. The Morgan fingerprint density at radius 2 is 2.44 bits per heavy atom. The van der Waals surface area contributed by atoms with Crippen LogP contribution in [0.15, 0.2) is 23.0 Å². The molecule has 0 amide bonds. The summed E-state index contributed by atoms with van der Waals surface area (Å²) in [7, 11) is 1.42. The number of methoxy groups -OCH3 is 1. The normalized spacial score (nSPS) is 12.4. The molecule has 0 radical (unpaired) electrons. The Morgan fingerprint density at radius 1 is 1.62 bits per heavy atom. The zero-order valence-electron chi connectivity index (χ0n) is 9.86. The lowest BCUT2D eigenvalue weighted by Crippen LogP contribution is -2.37. The molecule has 1 N–H and O–H groups in total. The third-order valence-corrected chi connectivity index (χ3v) is 2.46. The fourth-order valence-electron chi connectivity index (χ4n) is 1.49. The van der Waals surface area contributed by atoms with E-state index in [0.29, 0.717) is 6.54 Å². The number of carbonyl (C=O) groups excluding carboxylic acids is 1. The minimum Gasteiger partial charge on any atom is -0.472 e. The van der Waals surface area contributed by atoms with Crippen LogP contribution in [0.3, 0.4) is 0 Å². The molecule has 16 heavy (non-hydrogen) atoms. The van der Waals surface area contributed by atoms with Crippen LogP contribution in [0.25, 0.3) is 0 Å². The summed E-state index contributed by atoms with van der Waals surface area (Å²) in [4.78, 5) is 11.5. The molecule has 1 atom stereocenters. The minimum atomic E-state index is -0.222. The number of carbonyl (C=O) groups is 1. The van der Waals surface area contributed by atoms with Crippen LogP contribution in [-0.2, 0) is 16.1 Å². The largest absolute Gasteiger partial charge is 0.472 e. The van der Waals surface area contributed by atoms with Crippen LogP contribution in [0.1, 0.15) is 31.7 Å². The molecule has 1 aromatic rings. The first-order valence-corrected chi connectivity index (χ1v) is 5.60. The molecule has 0 aromatic carbocycles. The molecule has 0 aliphatic rings. The fraction of sp³-hybridized carbons (Fsp3) is 0.583. The van der Waals surface area contributed by atoms with Crippen LogP contribution in [0, 0.1) is 0 Å². The maximum absolute atomic E-state index is 11.5. The molecule has 4 heteroatoms. The second kappa shape index (κ2) is 7.06. The van der Waals surface area contributed by atoms with Crippen molar-refractivity contribution in [2.24, 2.45) is 0 Å². The van der Waals surface area contributed by atoms with E-state index in [0.717, 1.165) is 24.8 Å². The number of unbranched alkanes of at least 4 members (excludes halogenated alkanes) is 1. The highest BCUT2D eigenvalue weighted by atomic mass is 16.5. The first kappa shape index (κ1) is 12.8. The molecule has 4 nitrogen and oxygen atoms in total. The summed E-state index contributed by atoms with van der Waals surface area (Å²) in [5.41, 5.74) is 1.03. The van der Waals surface area contributed by atoms with Crippen molar-refractivity contribution in [2.75, 3.05) is 7.11 Å². The van der Waals surface area contributed by atoms with E-state index in [1.165, 1.54) is 7.11 Å². The molecule has 0 aliphatic heterocycles. The molecule has 90 valence electrons. The van der Waals surface area contributed by atoms with E-state index in [1.54, 1.807) is 12.5 Å². The van der Waals surface area contributed by atoms with Gasteiger partial charge in [0.2, 0.25) is 0 Å². The molecule has 0 saturated carbocycles. The highest BCUT2D eigenvalue weighted by molar-refractivity contribution is 5.75. The van der Waals surface area contributed by atoms with E-state index in [9.17, 15) is 4.79 Å². The van der Waals surface area contributed by atoms with Gasteiger partial charge in [0, 0.05) is 12.1 Å². The maximum Gasteiger partial charge on any atom is 0.322 e. The van der Waals surface area contributed by atoms with Gasteiger partial charge in [0.25, 0.3) is 0 Å². The first-order chi connectivity index (χ1) is 7.77. The molecule has 0 fully saturated rings. The van der Waals surface area contributed by atoms with Crippen molar-refractivity contribution in [3.05, 3.63) is 24.2 Å². The standard InChI is InChI=1S/C12H19NO3/c1-3-4-5-11(12(14)15-2)13-8-10-6-7-16-9-10/h6-7,9,11,13H,3-5,8H2,1-2H3. The van der Waals surface area contributed by atoms with Gasteiger partial charge in [-0.15, -0.1) is 0 Å². The average molecular weight is 225 g/mol. The molecule has 0 aliphatic carbocycles. The number of nitrogens with one attached hydrogen (secondary N) is 1. The van der Waals surface area contributed by atoms with Gasteiger partial charge in [-0.1, -0.05) is 19.8 Å². The summed E-state index contributed by atoms with van der Waals surface area (Å²) >= 11 is 0. The lowest BCUT2D eigenvalue weighted by molar-refractivity contribution is -0.143. The number of ether oxygens (including phenoxy) is 1. The Labute approximate surface area is 96.0 Å². The SMILES string of the molecule is CCCCC(NCc1ccoc1)C(=O)OC. The van der Waals surface area contributed by atoms with Gasteiger partial charge in [-0.25, -0.2) is 0 Å². The summed E-state index contributed by atoms with van der Waals surface area (Å²) in [6.07, 6.45) is 6.18. The third kappa shape index (κ3) is 4.06. The van der Waals surface area contributed by atoms with Crippen molar-refractivity contribution >= 4 is 5.97 Å². The molecular formula is C12H19NO3. The number of furan rings is 1. The van der Waals surface area contributed by atoms with Gasteiger partial charge < -0.3 is 14.5 Å². The maximum atomic E-state index is 11.5. The van der Waals surface area contributed by atoms with E-state index >= 15 is 0 Å².